The van der Waals surface area contributed by atoms with E-state index in [1.54, 1.807) is 0 Å². The smallest absolute Gasteiger partial charge is 0.0414 e. The molecule has 0 heterocycles. The lowest BCUT2D eigenvalue weighted by Crippen LogP contribution is -1.99. The van der Waals surface area contributed by atoms with Crippen LogP contribution in [0.2, 0.25) is 0 Å². The first-order chi connectivity index (χ1) is 5.85. The fourth-order valence-electron chi connectivity index (χ4n) is 1.71. The van der Waals surface area contributed by atoms with E-state index in [-0.39, 0.29) is 0 Å². The summed E-state index contributed by atoms with van der Waals surface area (Å²) in [5.41, 5.74) is 0. The molecular weight excluding hydrogens is 144 g/mol. The summed E-state index contributed by atoms with van der Waals surface area (Å²) in [5, 5.41) is 0. The Hall–Kier alpha value is 0. The largest absolute Gasteiger partial charge is 0.0654 e. The minimum Gasteiger partial charge on any atom is -0.0654 e. The second kappa shape index (κ2) is 9.09. The van der Waals surface area contributed by atoms with Gasteiger partial charge in [0.2, 0.25) is 0 Å². The number of rotatable bonds is 8. The van der Waals surface area contributed by atoms with Crippen LogP contribution >= 0.6 is 0 Å². The molecule has 0 fully saturated rings. The van der Waals surface area contributed by atoms with Crippen molar-refractivity contribution in [3.63, 3.8) is 0 Å². The van der Waals surface area contributed by atoms with Crippen LogP contribution in [0.5, 0.6) is 0 Å². The van der Waals surface area contributed by atoms with Crippen LogP contribution in [0.1, 0.15) is 65.2 Å². The van der Waals surface area contributed by atoms with E-state index in [9.17, 15) is 0 Å². The molecule has 0 atom stereocenters. The van der Waals surface area contributed by atoms with Crippen molar-refractivity contribution in [2.24, 2.45) is 5.92 Å². The molecule has 0 amide bonds. The molecule has 0 nitrogen and oxygen atoms in total. The van der Waals surface area contributed by atoms with E-state index in [1.165, 1.54) is 44.9 Å². The highest BCUT2D eigenvalue weighted by atomic mass is 14.1. The van der Waals surface area contributed by atoms with Gasteiger partial charge < -0.3 is 0 Å². The maximum absolute atomic E-state index is 3.94. The van der Waals surface area contributed by atoms with Crippen molar-refractivity contribution >= 4 is 0 Å². The van der Waals surface area contributed by atoms with E-state index in [4.69, 9.17) is 0 Å². The monoisotopic (exact) mass is 169 g/mol. The number of hydrogen-bond acceptors (Lipinski definition) is 0. The van der Waals surface area contributed by atoms with Crippen molar-refractivity contribution in [1.82, 2.24) is 0 Å². The molecule has 0 spiro atoms. The summed E-state index contributed by atoms with van der Waals surface area (Å²) in [4.78, 5) is 0. The zero-order valence-corrected chi connectivity index (χ0v) is 8.94. The minimum atomic E-state index is 0.974. The molecule has 0 unspecified atom stereocenters. The highest BCUT2D eigenvalue weighted by Crippen LogP contribution is 2.20. The van der Waals surface area contributed by atoms with E-state index in [2.05, 4.69) is 20.8 Å². The van der Waals surface area contributed by atoms with Crippen LogP contribution in [0.3, 0.4) is 0 Å². The van der Waals surface area contributed by atoms with Crippen molar-refractivity contribution < 1.29 is 0 Å². The van der Waals surface area contributed by atoms with Gasteiger partial charge in [-0.15, -0.1) is 0 Å². The Morgan fingerprint density at radius 3 is 1.75 bits per heavy atom. The summed E-state index contributed by atoms with van der Waals surface area (Å²) in [6.45, 7) is 8.50. The molecule has 0 aromatic heterocycles. The molecule has 0 heteroatoms. The van der Waals surface area contributed by atoms with Gasteiger partial charge in [-0.05, 0) is 5.92 Å². The highest BCUT2D eigenvalue weighted by molar-refractivity contribution is 4.60. The van der Waals surface area contributed by atoms with Crippen molar-refractivity contribution in [1.29, 1.82) is 0 Å². The molecule has 0 N–H and O–H groups in total. The van der Waals surface area contributed by atoms with Crippen LogP contribution in [0.15, 0.2) is 0 Å². The normalized spacial score (nSPS) is 11.0. The zero-order valence-electron chi connectivity index (χ0n) is 8.94. The highest BCUT2D eigenvalue weighted by Gasteiger charge is 2.05. The van der Waals surface area contributed by atoms with Crippen molar-refractivity contribution in [2.45, 2.75) is 65.2 Å². The lowest BCUT2D eigenvalue weighted by molar-refractivity contribution is 0.396. The van der Waals surface area contributed by atoms with Gasteiger partial charge in [0, 0.05) is 0 Å². The Morgan fingerprint density at radius 2 is 1.42 bits per heavy atom. The van der Waals surface area contributed by atoms with Gasteiger partial charge in [-0.25, -0.2) is 0 Å². The van der Waals surface area contributed by atoms with E-state index in [0.717, 1.165) is 12.3 Å². The Labute approximate surface area is 78.8 Å². The average Bonchev–Trinajstić information content (AvgIpc) is 2.10. The van der Waals surface area contributed by atoms with E-state index < -0.39 is 0 Å². The van der Waals surface area contributed by atoms with Gasteiger partial charge in [-0.3, -0.25) is 0 Å². The third-order valence-electron chi connectivity index (χ3n) is 2.54. The average molecular weight is 169 g/mol. The summed E-state index contributed by atoms with van der Waals surface area (Å²) < 4.78 is 0. The van der Waals surface area contributed by atoms with Crippen molar-refractivity contribution in [3.8, 4) is 0 Å². The summed E-state index contributed by atoms with van der Waals surface area (Å²) in [7, 11) is 0. The second-order valence-corrected chi connectivity index (χ2v) is 3.79. The molecule has 0 aliphatic rings. The lowest BCUT2D eigenvalue weighted by Gasteiger charge is -2.14. The molecule has 1 radical (unpaired) electrons. The molecule has 0 aromatic carbocycles. The SMILES string of the molecule is [CH2]CCC(CCCC)CCCC. The summed E-state index contributed by atoms with van der Waals surface area (Å²) in [5.74, 6) is 0.974. The topological polar surface area (TPSA) is 0 Å². The molecule has 0 aliphatic heterocycles. The number of hydrogen-bond donors (Lipinski definition) is 0. The van der Waals surface area contributed by atoms with Gasteiger partial charge in [-0.1, -0.05) is 72.1 Å². The van der Waals surface area contributed by atoms with Crippen LogP contribution in [0, 0.1) is 12.8 Å². The Kier molecular flexibility index (Phi) is 9.09. The quantitative estimate of drug-likeness (QED) is 0.498. The molecule has 12 heavy (non-hydrogen) atoms. The van der Waals surface area contributed by atoms with E-state index >= 15 is 0 Å². The van der Waals surface area contributed by atoms with Gasteiger partial charge in [0.1, 0.15) is 0 Å². The predicted octanol–water partition coefficient (Wildman–Crippen LogP) is 4.60. The molecular formula is C12H25. The van der Waals surface area contributed by atoms with E-state index in [0.29, 0.717) is 0 Å². The van der Waals surface area contributed by atoms with Gasteiger partial charge in [0.25, 0.3) is 0 Å². The van der Waals surface area contributed by atoms with E-state index in [1.807, 2.05) is 0 Å². The molecule has 0 aromatic rings. The van der Waals surface area contributed by atoms with Crippen LogP contribution in [0.4, 0.5) is 0 Å². The molecule has 0 saturated carbocycles. The summed E-state index contributed by atoms with van der Waals surface area (Å²) in [6.07, 6.45) is 10.9. The maximum Gasteiger partial charge on any atom is -0.0414 e. The fourth-order valence-corrected chi connectivity index (χ4v) is 1.71. The molecule has 0 aliphatic carbocycles. The first-order valence-corrected chi connectivity index (χ1v) is 5.64. The van der Waals surface area contributed by atoms with Crippen molar-refractivity contribution in [2.75, 3.05) is 0 Å². The Bertz CT molecular complexity index is 68.1. The standard InChI is InChI=1S/C12H25/c1-4-7-10-12(9-6-3)11-8-5-2/h12H,3-11H2,1-2H3. The minimum absolute atomic E-state index is 0.974. The number of unbranched alkanes of at least 4 members (excludes halogenated alkanes) is 2. The second-order valence-electron chi connectivity index (χ2n) is 3.79. The van der Waals surface area contributed by atoms with Gasteiger partial charge in [0.05, 0.1) is 0 Å². The summed E-state index contributed by atoms with van der Waals surface area (Å²) >= 11 is 0. The van der Waals surface area contributed by atoms with Crippen LogP contribution in [-0.2, 0) is 0 Å². The van der Waals surface area contributed by atoms with Crippen LogP contribution in [0.25, 0.3) is 0 Å². The van der Waals surface area contributed by atoms with Crippen LogP contribution < -0.4 is 0 Å². The Balaban J connectivity index is 3.40. The first kappa shape index (κ1) is 12.0. The lowest BCUT2D eigenvalue weighted by atomic mass is 9.92. The molecule has 0 rings (SSSR count). The molecule has 0 saturated heterocycles. The van der Waals surface area contributed by atoms with Gasteiger partial charge in [0.15, 0.2) is 0 Å². The van der Waals surface area contributed by atoms with Gasteiger partial charge >= 0.3 is 0 Å². The fraction of sp³-hybridized carbons (Fsp3) is 0.917. The third-order valence-corrected chi connectivity index (χ3v) is 2.54. The van der Waals surface area contributed by atoms with Crippen molar-refractivity contribution in [3.05, 3.63) is 6.92 Å². The zero-order chi connectivity index (χ0) is 9.23. The Morgan fingerprint density at radius 1 is 0.917 bits per heavy atom. The summed E-state index contributed by atoms with van der Waals surface area (Å²) in [6, 6.07) is 0. The third kappa shape index (κ3) is 6.69. The predicted molar refractivity (Wildman–Crippen MR) is 57.1 cm³/mol. The molecule has 0 bridgehead atoms. The van der Waals surface area contributed by atoms with Gasteiger partial charge in [-0.2, -0.15) is 0 Å². The molecule has 73 valence electrons. The van der Waals surface area contributed by atoms with Crippen LogP contribution in [-0.4, -0.2) is 0 Å². The first-order valence-electron chi connectivity index (χ1n) is 5.64. The maximum atomic E-state index is 3.94.